The molecule has 0 aliphatic heterocycles. The molecule has 18 heavy (non-hydrogen) atoms. The van der Waals surface area contributed by atoms with Gasteiger partial charge in [-0.15, -0.1) is 0 Å². The van der Waals surface area contributed by atoms with Crippen molar-refractivity contribution in [2.75, 3.05) is 0 Å². The van der Waals surface area contributed by atoms with E-state index in [2.05, 4.69) is 38.1 Å². The molecule has 1 aromatic heterocycles. The summed E-state index contributed by atoms with van der Waals surface area (Å²) >= 11 is 0. The lowest BCUT2D eigenvalue weighted by molar-refractivity contribution is 0.248. The Kier molecular flexibility index (Phi) is 3.41. The summed E-state index contributed by atoms with van der Waals surface area (Å²) in [7, 11) is 0. The van der Waals surface area contributed by atoms with Crippen molar-refractivity contribution in [2.24, 2.45) is 0 Å². The molecule has 0 amide bonds. The molecule has 0 radical (unpaired) electrons. The fourth-order valence-electron chi connectivity index (χ4n) is 1.69. The molecule has 0 atom stereocenters. The number of ether oxygens (including phenoxy) is 1. The van der Waals surface area contributed by atoms with Gasteiger partial charge in [-0.3, -0.25) is 0 Å². The maximum atomic E-state index is 5.64. The molecule has 1 aromatic carbocycles. The van der Waals surface area contributed by atoms with Crippen LogP contribution in [0.1, 0.15) is 37.8 Å². The second-order valence-electron chi connectivity index (χ2n) is 5.50. The quantitative estimate of drug-likeness (QED) is 0.823. The normalized spacial score (nSPS) is 11.6. The van der Waals surface area contributed by atoms with Gasteiger partial charge in [-0.05, 0) is 30.0 Å². The topological polar surface area (TPSA) is 35.3 Å². The molecule has 0 fully saturated rings. The van der Waals surface area contributed by atoms with Crippen molar-refractivity contribution >= 4 is 0 Å². The summed E-state index contributed by atoms with van der Waals surface area (Å²) < 4.78 is 10.7. The number of rotatable bonds is 3. The van der Waals surface area contributed by atoms with E-state index in [4.69, 9.17) is 9.26 Å². The number of aromatic nitrogens is 1. The van der Waals surface area contributed by atoms with Gasteiger partial charge in [0.05, 0.1) is 5.69 Å². The molecular weight excluding hydrogens is 226 g/mol. The molecule has 0 aliphatic rings. The molecule has 3 heteroatoms. The van der Waals surface area contributed by atoms with Crippen molar-refractivity contribution in [3.63, 3.8) is 0 Å². The molecule has 0 N–H and O–H groups in total. The predicted octanol–water partition coefficient (Wildman–Crippen LogP) is 3.86. The highest BCUT2D eigenvalue weighted by Crippen LogP contribution is 2.24. The monoisotopic (exact) mass is 245 g/mol. The molecule has 0 aliphatic carbocycles. The Morgan fingerprint density at radius 3 is 2.33 bits per heavy atom. The smallest absolute Gasteiger partial charge is 0.174 e. The van der Waals surface area contributed by atoms with Gasteiger partial charge in [0.25, 0.3) is 0 Å². The third kappa shape index (κ3) is 3.13. The lowest BCUT2D eigenvalue weighted by Crippen LogP contribution is -2.10. The highest BCUT2D eigenvalue weighted by Gasteiger charge is 2.13. The lowest BCUT2D eigenvalue weighted by atomic mass is 9.87. The molecule has 0 spiro atoms. The fourth-order valence-corrected chi connectivity index (χ4v) is 1.69. The van der Waals surface area contributed by atoms with Crippen LogP contribution in [0.15, 0.2) is 34.9 Å². The van der Waals surface area contributed by atoms with Crippen LogP contribution in [-0.4, -0.2) is 5.16 Å². The van der Waals surface area contributed by atoms with Crippen LogP contribution in [0, 0.1) is 6.92 Å². The Labute approximate surface area is 108 Å². The lowest BCUT2D eigenvalue weighted by Gasteiger charge is -2.19. The number of aryl methyl sites for hydroxylation is 1. The van der Waals surface area contributed by atoms with E-state index in [0.29, 0.717) is 6.61 Å². The van der Waals surface area contributed by atoms with Gasteiger partial charge in [0, 0.05) is 6.07 Å². The zero-order chi connectivity index (χ0) is 13.2. The van der Waals surface area contributed by atoms with Crippen molar-refractivity contribution in [3.8, 4) is 5.75 Å². The summed E-state index contributed by atoms with van der Waals surface area (Å²) in [6, 6.07) is 10.1. The van der Waals surface area contributed by atoms with Gasteiger partial charge < -0.3 is 9.26 Å². The van der Waals surface area contributed by atoms with Gasteiger partial charge >= 0.3 is 0 Å². The Hall–Kier alpha value is -1.77. The Morgan fingerprint density at radius 2 is 1.83 bits per heavy atom. The van der Waals surface area contributed by atoms with E-state index in [-0.39, 0.29) is 5.41 Å². The number of hydrogen-bond donors (Lipinski definition) is 0. The van der Waals surface area contributed by atoms with Crippen LogP contribution in [0.25, 0.3) is 0 Å². The zero-order valence-electron chi connectivity index (χ0n) is 11.4. The molecule has 1 heterocycles. The SMILES string of the molecule is Cc1cc(COc2ccc(C(C)(C)C)cc2)on1. The molecular formula is C15H19NO2. The van der Waals surface area contributed by atoms with Gasteiger partial charge in [0.1, 0.15) is 12.4 Å². The van der Waals surface area contributed by atoms with Crippen LogP contribution in [0.4, 0.5) is 0 Å². The molecule has 0 saturated heterocycles. The molecule has 2 rings (SSSR count). The molecule has 3 nitrogen and oxygen atoms in total. The first-order chi connectivity index (χ1) is 8.45. The van der Waals surface area contributed by atoms with Crippen molar-refractivity contribution < 1.29 is 9.26 Å². The van der Waals surface area contributed by atoms with E-state index in [1.54, 1.807) is 0 Å². The molecule has 0 bridgehead atoms. The molecule has 0 unspecified atom stereocenters. The summed E-state index contributed by atoms with van der Waals surface area (Å²) in [6.07, 6.45) is 0. The standard InChI is InChI=1S/C15H19NO2/c1-11-9-14(18-16-11)10-17-13-7-5-12(6-8-13)15(2,3)4/h5-9H,10H2,1-4H3. The van der Waals surface area contributed by atoms with Gasteiger partial charge in [-0.2, -0.15) is 0 Å². The minimum atomic E-state index is 0.167. The zero-order valence-corrected chi connectivity index (χ0v) is 11.4. The van der Waals surface area contributed by atoms with E-state index in [0.717, 1.165) is 17.2 Å². The Bertz CT molecular complexity index is 506. The maximum Gasteiger partial charge on any atom is 0.174 e. The van der Waals surface area contributed by atoms with Crippen LogP contribution >= 0.6 is 0 Å². The first-order valence-electron chi connectivity index (χ1n) is 6.11. The summed E-state index contributed by atoms with van der Waals surface area (Å²) in [5.41, 5.74) is 2.34. The number of benzene rings is 1. The maximum absolute atomic E-state index is 5.64. The van der Waals surface area contributed by atoms with Crippen molar-refractivity contribution in [2.45, 2.75) is 39.7 Å². The third-order valence-electron chi connectivity index (χ3n) is 2.78. The second kappa shape index (κ2) is 4.84. The first kappa shape index (κ1) is 12.7. The van der Waals surface area contributed by atoms with Crippen molar-refractivity contribution in [1.82, 2.24) is 5.16 Å². The van der Waals surface area contributed by atoms with E-state index in [1.807, 2.05) is 25.1 Å². The molecule has 2 aromatic rings. The van der Waals surface area contributed by atoms with Gasteiger partial charge in [-0.25, -0.2) is 0 Å². The van der Waals surface area contributed by atoms with Crippen LogP contribution in [0.5, 0.6) is 5.75 Å². The van der Waals surface area contributed by atoms with Gasteiger partial charge in [0.2, 0.25) is 0 Å². The first-order valence-corrected chi connectivity index (χ1v) is 6.11. The van der Waals surface area contributed by atoms with E-state index in [9.17, 15) is 0 Å². The Balaban J connectivity index is 1.98. The predicted molar refractivity (Wildman–Crippen MR) is 70.7 cm³/mol. The van der Waals surface area contributed by atoms with Crippen LogP contribution in [-0.2, 0) is 12.0 Å². The van der Waals surface area contributed by atoms with Crippen LogP contribution in [0.3, 0.4) is 0 Å². The van der Waals surface area contributed by atoms with Gasteiger partial charge in [0.15, 0.2) is 5.76 Å². The van der Waals surface area contributed by atoms with Crippen LogP contribution in [0.2, 0.25) is 0 Å². The summed E-state index contributed by atoms with van der Waals surface area (Å²) in [4.78, 5) is 0. The summed E-state index contributed by atoms with van der Waals surface area (Å²) in [5.74, 6) is 1.59. The average Bonchev–Trinajstić information content (AvgIpc) is 2.72. The second-order valence-corrected chi connectivity index (χ2v) is 5.50. The minimum absolute atomic E-state index is 0.167. The average molecular weight is 245 g/mol. The largest absolute Gasteiger partial charge is 0.486 e. The summed E-state index contributed by atoms with van der Waals surface area (Å²) in [6.45, 7) is 8.89. The molecule has 96 valence electrons. The molecule has 0 saturated carbocycles. The van der Waals surface area contributed by atoms with Crippen molar-refractivity contribution in [3.05, 3.63) is 47.3 Å². The van der Waals surface area contributed by atoms with Crippen LogP contribution < -0.4 is 4.74 Å². The summed E-state index contributed by atoms with van der Waals surface area (Å²) in [5, 5.41) is 3.82. The van der Waals surface area contributed by atoms with Gasteiger partial charge in [-0.1, -0.05) is 38.1 Å². The highest BCUT2D eigenvalue weighted by atomic mass is 16.5. The minimum Gasteiger partial charge on any atom is -0.486 e. The van der Waals surface area contributed by atoms with E-state index in [1.165, 1.54) is 5.56 Å². The van der Waals surface area contributed by atoms with Crippen molar-refractivity contribution in [1.29, 1.82) is 0 Å². The van der Waals surface area contributed by atoms with E-state index >= 15 is 0 Å². The fraction of sp³-hybridized carbons (Fsp3) is 0.400. The Morgan fingerprint density at radius 1 is 1.17 bits per heavy atom. The third-order valence-corrected chi connectivity index (χ3v) is 2.78. The number of nitrogens with zero attached hydrogens (tertiary/aromatic N) is 1. The highest BCUT2D eigenvalue weighted by molar-refractivity contribution is 5.31. The van der Waals surface area contributed by atoms with E-state index < -0.39 is 0 Å². The number of hydrogen-bond acceptors (Lipinski definition) is 3.